The highest BCUT2D eigenvalue weighted by molar-refractivity contribution is 9.10. The van der Waals surface area contributed by atoms with Crippen LogP contribution in [0.5, 0.6) is 5.75 Å². The molecule has 0 aliphatic carbocycles. The molecule has 2 aromatic rings. The second kappa shape index (κ2) is 6.31. The van der Waals surface area contributed by atoms with Gasteiger partial charge >= 0.3 is 0 Å². The Morgan fingerprint density at radius 2 is 1.65 bits per heavy atom. The quantitative estimate of drug-likeness (QED) is 0.588. The van der Waals surface area contributed by atoms with Gasteiger partial charge in [0.15, 0.2) is 0 Å². The summed E-state index contributed by atoms with van der Waals surface area (Å²) in [5.41, 5.74) is 6.16. The molecule has 0 radical (unpaired) electrons. The van der Waals surface area contributed by atoms with Gasteiger partial charge in [0.25, 0.3) is 0 Å². The molecule has 0 amide bonds. The first-order valence-electron chi connectivity index (χ1n) is 6.49. The van der Waals surface area contributed by atoms with Crippen molar-refractivity contribution in [1.29, 1.82) is 0 Å². The van der Waals surface area contributed by atoms with Crippen molar-refractivity contribution in [3.05, 3.63) is 62.6 Å². The molecule has 0 bridgehead atoms. The van der Waals surface area contributed by atoms with Gasteiger partial charge < -0.3 is 4.74 Å². The van der Waals surface area contributed by atoms with E-state index < -0.39 is 0 Å². The van der Waals surface area contributed by atoms with Crippen LogP contribution in [0.25, 0.3) is 0 Å². The predicted octanol–water partition coefficient (Wildman–Crippen LogP) is 5.87. The Hall–Kier alpha value is -0.800. The molecule has 0 aliphatic rings. The smallest absolute Gasteiger partial charge is 0.122 e. The van der Waals surface area contributed by atoms with Crippen LogP contribution in [0, 0.1) is 20.8 Å². The summed E-state index contributed by atoms with van der Waals surface area (Å²) in [5, 5.41) is 0. The second-order valence-electron chi connectivity index (χ2n) is 5.05. The van der Waals surface area contributed by atoms with Crippen LogP contribution in [0.4, 0.5) is 0 Å². The Balaban J connectivity index is 2.46. The maximum absolute atomic E-state index is 5.42. The lowest BCUT2D eigenvalue weighted by atomic mass is 9.97. The van der Waals surface area contributed by atoms with E-state index in [1.807, 2.05) is 0 Å². The average Bonchev–Trinajstić information content (AvgIpc) is 2.42. The van der Waals surface area contributed by atoms with E-state index in [0.717, 1.165) is 15.8 Å². The molecule has 2 rings (SSSR count). The Morgan fingerprint density at radius 1 is 0.950 bits per heavy atom. The van der Waals surface area contributed by atoms with Crippen LogP contribution in [0.1, 0.15) is 32.6 Å². The molecule has 1 unspecified atom stereocenters. The highest BCUT2D eigenvalue weighted by atomic mass is 79.9. The van der Waals surface area contributed by atoms with Crippen molar-refractivity contribution in [3.8, 4) is 5.75 Å². The largest absolute Gasteiger partial charge is 0.496 e. The molecule has 106 valence electrons. The highest BCUT2D eigenvalue weighted by Gasteiger charge is 2.15. The number of hydrogen-bond donors (Lipinski definition) is 0. The molecule has 1 atom stereocenters. The number of alkyl halides is 1. The Kier molecular flexibility index (Phi) is 4.92. The third kappa shape index (κ3) is 3.09. The molecule has 2 aromatic carbocycles. The Morgan fingerprint density at radius 3 is 2.30 bits per heavy atom. The average molecular weight is 398 g/mol. The second-order valence-corrected chi connectivity index (χ2v) is 6.82. The number of aryl methyl sites for hydroxylation is 3. The highest BCUT2D eigenvalue weighted by Crippen LogP contribution is 2.37. The first-order valence-corrected chi connectivity index (χ1v) is 8.20. The van der Waals surface area contributed by atoms with Gasteiger partial charge in [0.05, 0.1) is 11.9 Å². The number of ether oxygens (including phenoxy) is 1. The van der Waals surface area contributed by atoms with Gasteiger partial charge in [0, 0.05) is 4.47 Å². The zero-order valence-electron chi connectivity index (χ0n) is 12.1. The van der Waals surface area contributed by atoms with Crippen LogP contribution < -0.4 is 4.74 Å². The van der Waals surface area contributed by atoms with Crippen molar-refractivity contribution in [2.45, 2.75) is 25.6 Å². The van der Waals surface area contributed by atoms with Crippen molar-refractivity contribution < 1.29 is 4.74 Å². The summed E-state index contributed by atoms with van der Waals surface area (Å²) in [6.07, 6.45) is 0. The molecule has 3 heteroatoms. The van der Waals surface area contributed by atoms with Gasteiger partial charge in [-0.05, 0) is 60.7 Å². The first kappa shape index (κ1) is 15.6. The molecule has 20 heavy (non-hydrogen) atoms. The number of hydrogen-bond acceptors (Lipinski definition) is 1. The van der Waals surface area contributed by atoms with Crippen molar-refractivity contribution in [1.82, 2.24) is 0 Å². The van der Waals surface area contributed by atoms with Gasteiger partial charge in [-0.25, -0.2) is 0 Å². The van der Waals surface area contributed by atoms with E-state index in [1.165, 1.54) is 22.3 Å². The summed E-state index contributed by atoms with van der Waals surface area (Å²) in [6.45, 7) is 6.31. The lowest BCUT2D eigenvalue weighted by Crippen LogP contribution is -1.99. The zero-order chi connectivity index (χ0) is 14.9. The first-order chi connectivity index (χ1) is 9.43. The minimum atomic E-state index is 0.170. The van der Waals surface area contributed by atoms with Gasteiger partial charge in [0.1, 0.15) is 5.75 Å². The maximum atomic E-state index is 5.42. The number of halogens is 2. The molecular weight excluding hydrogens is 380 g/mol. The number of methoxy groups -OCH3 is 1. The van der Waals surface area contributed by atoms with E-state index in [-0.39, 0.29) is 4.83 Å². The summed E-state index contributed by atoms with van der Waals surface area (Å²) in [7, 11) is 1.71. The fraction of sp³-hybridized carbons (Fsp3) is 0.294. The topological polar surface area (TPSA) is 9.23 Å². The van der Waals surface area contributed by atoms with Gasteiger partial charge in [-0.15, -0.1) is 0 Å². The van der Waals surface area contributed by atoms with Crippen molar-refractivity contribution >= 4 is 31.9 Å². The summed E-state index contributed by atoms with van der Waals surface area (Å²) in [6, 6.07) is 10.7. The third-order valence-corrected chi connectivity index (χ3v) is 5.42. The Labute approximate surface area is 137 Å². The van der Waals surface area contributed by atoms with Gasteiger partial charge in [-0.1, -0.05) is 50.1 Å². The molecule has 1 nitrogen and oxygen atoms in total. The minimum Gasteiger partial charge on any atom is -0.496 e. The fourth-order valence-electron chi connectivity index (χ4n) is 2.25. The van der Waals surface area contributed by atoms with Crippen LogP contribution in [0.2, 0.25) is 0 Å². The fourth-order valence-corrected chi connectivity index (χ4v) is 3.49. The standard InChI is InChI=1S/C17H18Br2O/c1-10-5-6-13(9-16(10)20-4)17(19)14-7-12(3)15(18)8-11(14)2/h5-9,17H,1-4H3. The van der Waals surface area contributed by atoms with E-state index in [4.69, 9.17) is 4.74 Å². The normalized spacial score (nSPS) is 12.3. The molecule has 0 fully saturated rings. The monoisotopic (exact) mass is 396 g/mol. The molecule has 0 saturated heterocycles. The summed E-state index contributed by atoms with van der Waals surface area (Å²) in [5.74, 6) is 0.929. The van der Waals surface area contributed by atoms with E-state index in [1.54, 1.807) is 7.11 Å². The number of rotatable bonds is 3. The van der Waals surface area contributed by atoms with Crippen LogP contribution in [0.3, 0.4) is 0 Å². The van der Waals surface area contributed by atoms with Crippen LogP contribution in [0.15, 0.2) is 34.8 Å². The van der Waals surface area contributed by atoms with Gasteiger partial charge in [-0.3, -0.25) is 0 Å². The summed E-state index contributed by atoms with van der Waals surface area (Å²) < 4.78 is 6.57. The predicted molar refractivity (Wildman–Crippen MR) is 92.1 cm³/mol. The van der Waals surface area contributed by atoms with Crippen molar-refractivity contribution in [2.75, 3.05) is 7.11 Å². The zero-order valence-corrected chi connectivity index (χ0v) is 15.3. The molecule has 0 aromatic heterocycles. The van der Waals surface area contributed by atoms with E-state index in [2.05, 4.69) is 83.0 Å². The van der Waals surface area contributed by atoms with Crippen LogP contribution in [-0.2, 0) is 0 Å². The molecule has 0 heterocycles. The molecule has 0 spiro atoms. The lowest BCUT2D eigenvalue weighted by Gasteiger charge is -2.17. The molecule has 0 aliphatic heterocycles. The van der Waals surface area contributed by atoms with E-state index >= 15 is 0 Å². The summed E-state index contributed by atoms with van der Waals surface area (Å²) >= 11 is 7.40. The van der Waals surface area contributed by atoms with Gasteiger partial charge in [0.2, 0.25) is 0 Å². The molecule has 0 saturated carbocycles. The number of benzene rings is 2. The Bertz CT molecular complexity index is 635. The maximum Gasteiger partial charge on any atom is 0.122 e. The third-order valence-electron chi connectivity index (χ3n) is 3.55. The minimum absolute atomic E-state index is 0.170. The van der Waals surface area contributed by atoms with Crippen molar-refractivity contribution in [2.24, 2.45) is 0 Å². The molecular formula is C17H18Br2O. The lowest BCUT2D eigenvalue weighted by molar-refractivity contribution is 0.411. The van der Waals surface area contributed by atoms with Crippen LogP contribution >= 0.6 is 31.9 Å². The van der Waals surface area contributed by atoms with Crippen molar-refractivity contribution in [3.63, 3.8) is 0 Å². The van der Waals surface area contributed by atoms with E-state index in [9.17, 15) is 0 Å². The van der Waals surface area contributed by atoms with Crippen LogP contribution in [-0.4, -0.2) is 7.11 Å². The van der Waals surface area contributed by atoms with Gasteiger partial charge in [-0.2, -0.15) is 0 Å². The summed E-state index contributed by atoms with van der Waals surface area (Å²) in [4.78, 5) is 0.170. The van der Waals surface area contributed by atoms with E-state index in [0.29, 0.717) is 0 Å². The molecule has 0 N–H and O–H groups in total. The SMILES string of the molecule is COc1cc(C(Br)c2cc(C)c(Br)cc2C)ccc1C.